The number of rotatable bonds is 3. The standard InChI is InChI=1S/C19H18ClN3O4/c20-15-1-2-17-12(8-15)7-13(11-27-17)18(24)22-5-3-16(4-6-22)23-10-14(9-21-23)19(25)26/h1-2,7-10,16H,3-6,11H2,(H,25,26). The average Bonchev–Trinajstić information content (AvgIpc) is 3.17. The van der Waals surface area contributed by atoms with Gasteiger partial charge in [-0.2, -0.15) is 5.10 Å². The van der Waals surface area contributed by atoms with Crippen LogP contribution in [-0.4, -0.2) is 51.4 Å². The van der Waals surface area contributed by atoms with Crippen molar-refractivity contribution in [1.29, 1.82) is 0 Å². The summed E-state index contributed by atoms with van der Waals surface area (Å²) in [6, 6.07) is 5.44. The molecule has 0 aliphatic carbocycles. The number of carbonyl (C=O) groups excluding carboxylic acids is 1. The maximum absolute atomic E-state index is 12.8. The van der Waals surface area contributed by atoms with E-state index < -0.39 is 5.97 Å². The summed E-state index contributed by atoms with van der Waals surface area (Å²) in [4.78, 5) is 25.6. The number of hydrogen-bond donors (Lipinski definition) is 1. The Morgan fingerprint density at radius 1 is 1.26 bits per heavy atom. The lowest BCUT2D eigenvalue weighted by Crippen LogP contribution is -2.41. The lowest BCUT2D eigenvalue weighted by atomic mass is 10.0. The number of carboxylic acids is 1. The third-order valence-electron chi connectivity index (χ3n) is 4.93. The number of hydrogen-bond acceptors (Lipinski definition) is 4. The molecular weight excluding hydrogens is 370 g/mol. The van der Waals surface area contributed by atoms with Crippen molar-refractivity contribution in [1.82, 2.24) is 14.7 Å². The number of piperidine rings is 1. The predicted octanol–water partition coefficient (Wildman–Crippen LogP) is 2.87. The van der Waals surface area contributed by atoms with E-state index in [4.69, 9.17) is 21.4 Å². The molecule has 0 saturated carbocycles. The molecule has 1 aromatic carbocycles. The SMILES string of the molecule is O=C(O)c1cnn(C2CCN(C(=O)C3=Cc4cc(Cl)ccc4OC3)CC2)c1. The molecule has 27 heavy (non-hydrogen) atoms. The molecule has 2 aliphatic rings. The van der Waals surface area contributed by atoms with E-state index in [9.17, 15) is 9.59 Å². The second kappa shape index (κ2) is 7.08. The Hall–Kier alpha value is -2.80. The van der Waals surface area contributed by atoms with Crippen molar-refractivity contribution in [2.24, 2.45) is 0 Å². The molecule has 0 spiro atoms. The van der Waals surface area contributed by atoms with Crippen LogP contribution in [0.3, 0.4) is 0 Å². The zero-order valence-corrected chi connectivity index (χ0v) is 15.2. The number of amides is 1. The van der Waals surface area contributed by atoms with E-state index in [-0.39, 0.29) is 24.1 Å². The van der Waals surface area contributed by atoms with Crippen molar-refractivity contribution < 1.29 is 19.4 Å². The highest BCUT2D eigenvalue weighted by Crippen LogP contribution is 2.30. The fourth-order valence-electron chi connectivity index (χ4n) is 3.46. The van der Waals surface area contributed by atoms with Gasteiger partial charge in [0, 0.05) is 29.9 Å². The van der Waals surface area contributed by atoms with Gasteiger partial charge in [-0.05, 0) is 37.1 Å². The molecule has 4 rings (SSSR count). The molecule has 1 N–H and O–H groups in total. The number of carboxylic acid groups (broad SMARTS) is 1. The summed E-state index contributed by atoms with van der Waals surface area (Å²) in [5.41, 5.74) is 1.59. The smallest absolute Gasteiger partial charge is 0.338 e. The van der Waals surface area contributed by atoms with Crippen LogP contribution in [0.15, 0.2) is 36.2 Å². The Bertz CT molecular complexity index is 929. The summed E-state index contributed by atoms with van der Waals surface area (Å²) >= 11 is 6.02. The van der Waals surface area contributed by atoms with Gasteiger partial charge in [0.05, 0.1) is 23.4 Å². The second-order valence-electron chi connectivity index (χ2n) is 6.68. The number of nitrogens with zero attached hydrogens (tertiary/aromatic N) is 3. The van der Waals surface area contributed by atoms with Crippen LogP contribution >= 0.6 is 11.6 Å². The summed E-state index contributed by atoms with van der Waals surface area (Å²) in [5.74, 6) is -0.299. The number of fused-ring (bicyclic) bond motifs is 1. The molecular formula is C19H18ClN3O4. The topological polar surface area (TPSA) is 84.7 Å². The van der Waals surface area contributed by atoms with Gasteiger partial charge in [0.25, 0.3) is 5.91 Å². The first-order chi connectivity index (χ1) is 13.0. The van der Waals surface area contributed by atoms with Crippen molar-refractivity contribution in [3.05, 3.63) is 52.3 Å². The fraction of sp³-hybridized carbons (Fsp3) is 0.316. The van der Waals surface area contributed by atoms with Gasteiger partial charge in [0.15, 0.2) is 0 Å². The monoisotopic (exact) mass is 387 g/mol. The highest BCUT2D eigenvalue weighted by Gasteiger charge is 2.28. The largest absolute Gasteiger partial charge is 0.488 e. The number of aromatic carboxylic acids is 1. The van der Waals surface area contributed by atoms with E-state index in [0.29, 0.717) is 23.7 Å². The number of aromatic nitrogens is 2. The fourth-order valence-corrected chi connectivity index (χ4v) is 3.64. The van der Waals surface area contributed by atoms with Crippen LogP contribution in [0.4, 0.5) is 0 Å². The highest BCUT2D eigenvalue weighted by molar-refractivity contribution is 6.30. The average molecular weight is 388 g/mol. The zero-order chi connectivity index (χ0) is 19.0. The molecule has 0 radical (unpaired) electrons. The Balaban J connectivity index is 1.42. The lowest BCUT2D eigenvalue weighted by molar-refractivity contribution is -0.128. The van der Waals surface area contributed by atoms with Crippen LogP contribution in [-0.2, 0) is 4.79 Å². The number of halogens is 1. The Morgan fingerprint density at radius 3 is 2.74 bits per heavy atom. The van der Waals surface area contributed by atoms with Crippen molar-refractivity contribution in [3.63, 3.8) is 0 Å². The molecule has 1 aromatic heterocycles. The van der Waals surface area contributed by atoms with E-state index in [0.717, 1.165) is 24.2 Å². The molecule has 0 unspecified atom stereocenters. The molecule has 8 heteroatoms. The summed E-state index contributed by atoms with van der Waals surface area (Å²) in [5, 5.41) is 13.8. The van der Waals surface area contributed by atoms with Crippen LogP contribution in [0.25, 0.3) is 6.08 Å². The maximum Gasteiger partial charge on any atom is 0.338 e. The summed E-state index contributed by atoms with van der Waals surface area (Å²) < 4.78 is 7.36. The van der Waals surface area contributed by atoms with Crippen molar-refractivity contribution in [3.8, 4) is 5.75 Å². The zero-order valence-electron chi connectivity index (χ0n) is 14.5. The van der Waals surface area contributed by atoms with E-state index in [1.165, 1.54) is 6.20 Å². The summed E-state index contributed by atoms with van der Waals surface area (Å²) in [7, 11) is 0. The van der Waals surface area contributed by atoms with Crippen molar-refractivity contribution >= 4 is 29.6 Å². The Morgan fingerprint density at radius 2 is 2.04 bits per heavy atom. The van der Waals surface area contributed by atoms with Crippen LogP contribution in [0.5, 0.6) is 5.75 Å². The van der Waals surface area contributed by atoms with E-state index in [1.54, 1.807) is 29.1 Å². The van der Waals surface area contributed by atoms with Gasteiger partial charge in [0.2, 0.25) is 0 Å². The van der Waals surface area contributed by atoms with Crippen LogP contribution in [0.2, 0.25) is 5.02 Å². The molecule has 0 atom stereocenters. The summed E-state index contributed by atoms with van der Waals surface area (Å²) in [6.07, 6.45) is 6.19. The molecule has 7 nitrogen and oxygen atoms in total. The van der Waals surface area contributed by atoms with Gasteiger partial charge in [-0.15, -0.1) is 0 Å². The number of ether oxygens (including phenoxy) is 1. The van der Waals surface area contributed by atoms with Gasteiger partial charge >= 0.3 is 5.97 Å². The predicted molar refractivity (Wildman–Crippen MR) is 99.0 cm³/mol. The molecule has 1 saturated heterocycles. The van der Waals surface area contributed by atoms with Gasteiger partial charge in [-0.3, -0.25) is 9.48 Å². The first kappa shape index (κ1) is 17.6. The van der Waals surface area contributed by atoms with Gasteiger partial charge in [-0.1, -0.05) is 11.6 Å². The summed E-state index contributed by atoms with van der Waals surface area (Å²) in [6.45, 7) is 1.42. The minimum absolute atomic E-state index is 0.0363. The van der Waals surface area contributed by atoms with E-state index >= 15 is 0 Å². The minimum atomic E-state index is -0.988. The molecule has 3 heterocycles. The van der Waals surface area contributed by atoms with E-state index in [2.05, 4.69) is 5.10 Å². The molecule has 0 bridgehead atoms. The van der Waals surface area contributed by atoms with Gasteiger partial charge < -0.3 is 14.7 Å². The number of benzene rings is 1. The molecule has 140 valence electrons. The Kier molecular flexibility index (Phi) is 4.61. The lowest BCUT2D eigenvalue weighted by Gasteiger charge is -2.33. The normalized spacial score (nSPS) is 17.1. The van der Waals surface area contributed by atoms with Crippen LogP contribution < -0.4 is 4.74 Å². The van der Waals surface area contributed by atoms with Crippen LogP contribution in [0, 0.1) is 0 Å². The maximum atomic E-state index is 12.8. The van der Waals surface area contributed by atoms with Gasteiger partial charge in [-0.25, -0.2) is 4.79 Å². The Labute approximate surface area is 160 Å². The first-order valence-electron chi connectivity index (χ1n) is 8.71. The number of likely N-dealkylation sites (tertiary alicyclic amines) is 1. The molecule has 2 aromatic rings. The third kappa shape index (κ3) is 3.55. The van der Waals surface area contributed by atoms with Gasteiger partial charge in [0.1, 0.15) is 12.4 Å². The number of carbonyl (C=O) groups is 2. The van der Waals surface area contributed by atoms with Crippen molar-refractivity contribution in [2.45, 2.75) is 18.9 Å². The molecule has 1 fully saturated rings. The van der Waals surface area contributed by atoms with Crippen molar-refractivity contribution in [2.75, 3.05) is 19.7 Å². The molecule has 1 amide bonds. The second-order valence-corrected chi connectivity index (χ2v) is 7.11. The first-order valence-corrected chi connectivity index (χ1v) is 9.09. The molecule has 2 aliphatic heterocycles. The highest BCUT2D eigenvalue weighted by atomic mass is 35.5. The van der Waals surface area contributed by atoms with E-state index in [1.807, 2.05) is 11.0 Å². The third-order valence-corrected chi connectivity index (χ3v) is 5.17. The quantitative estimate of drug-likeness (QED) is 0.875. The van der Waals surface area contributed by atoms with Crippen LogP contribution in [0.1, 0.15) is 34.8 Å². The minimum Gasteiger partial charge on any atom is -0.488 e.